The van der Waals surface area contributed by atoms with Crippen LogP contribution in [-0.4, -0.2) is 35.2 Å². The van der Waals surface area contributed by atoms with E-state index in [-0.39, 0.29) is 11.9 Å². The number of aromatic nitrogens is 2. The molecule has 3 N–H and O–H groups in total. The van der Waals surface area contributed by atoms with E-state index < -0.39 is 0 Å². The van der Waals surface area contributed by atoms with E-state index >= 15 is 0 Å². The summed E-state index contributed by atoms with van der Waals surface area (Å²) >= 11 is 5.99. The normalized spacial score (nSPS) is 12.1. The van der Waals surface area contributed by atoms with Crippen molar-refractivity contribution in [3.05, 3.63) is 41.0 Å². The van der Waals surface area contributed by atoms with Gasteiger partial charge < -0.3 is 10.6 Å². The fourth-order valence-corrected chi connectivity index (χ4v) is 2.27. The van der Waals surface area contributed by atoms with Crippen LogP contribution in [0.25, 0.3) is 11.3 Å². The number of hydrogen-bond acceptors (Lipinski definition) is 3. The molecular weight excluding hydrogens is 288 g/mol. The van der Waals surface area contributed by atoms with Crippen molar-refractivity contribution >= 4 is 17.5 Å². The van der Waals surface area contributed by atoms with E-state index in [9.17, 15) is 4.79 Å². The molecule has 2 aromatic rings. The average molecular weight is 307 g/mol. The first-order chi connectivity index (χ1) is 10.1. The summed E-state index contributed by atoms with van der Waals surface area (Å²) < 4.78 is 0. The van der Waals surface area contributed by atoms with Crippen molar-refractivity contribution in [2.45, 2.75) is 19.9 Å². The van der Waals surface area contributed by atoms with E-state index in [1.165, 1.54) is 6.20 Å². The van der Waals surface area contributed by atoms with Gasteiger partial charge in [0.25, 0.3) is 5.91 Å². The van der Waals surface area contributed by atoms with Crippen LogP contribution in [0.2, 0.25) is 5.02 Å². The van der Waals surface area contributed by atoms with Gasteiger partial charge in [0, 0.05) is 23.2 Å². The highest BCUT2D eigenvalue weighted by atomic mass is 35.5. The summed E-state index contributed by atoms with van der Waals surface area (Å²) in [7, 11) is 0. The van der Waals surface area contributed by atoms with Gasteiger partial charge in [-0.15, -0.1) is 0 Å². The van der Waals surface area contributed by atoms with Gasteiger partial charge in [0.1, 0.15) is 0 Å². The molecule has 0 aliphatic rings. The van der Waals surface area contributed by atoms with Gasteiger partial charge in [0.15, 0.2) is 0 Å². The third kappa shape index (κ3) is 4.06. The summed E-state index contributed by atoms with van der Waals surface area (Å²) in [6.07, 6.45) is 1.53. The van der Waals surface area contributed by atoms with Crippen LogP contribution < -0.4 is 10.6 Å². The number of H-pyrrole nitrogens is 1. The van der Waals surface area contributed by atoms with Crippen LogP contribution in [0.15, 0.2) is 30.5 Å². The maximum atomic E-state index is 12.3. The number of likely N-dealkylation sites (N-methyl/N-ethyl adjacent to an activating group) is 1. The largest absolute Gasteiger partial charge is 0.350 e. The molecule has 0 aliphatic carbocycles. The Kier molecular flexibility index (Phi) is 5.36. The lowest BCUT2D eigenvalue weighted by atomic mass is 10.1. The van der Waals surface area contributed by atoms with Gasteiger partial charge in [0.05, 0.1) is 17.5 Å². The smallest absolute Gasteiger partial charge is 0.255 e. The fourth-order valence-electron chi connectivity index (χ4n) is 2.08. The highest BCUT2D eigenvalue weighted by Gasteiger charge is 2.15. The molecule has 0 spiro atoms. The second-order valence-corrected chi connectivity index (χ2v) is 5.27. The molecule has 5 nitrogen and oxygen atoms in total. The van der Waals surface area contributed by atoms with Gasteiger partial charge in [0.2, 0.25) is 0 Å². The predicted octanol–water partition coefficient (Wildman–Crippen LogP) is 2.46. The molecule has 1 heterocycles. The number of aromatic amines is 1. The molecule has 2 rings (SSSR count). The lowest BCUT2D eigenvalue weighted by molar-refractivity contribution is 0.0951. The number of rotatable bonds is 6. The first-order valence-corrected chi connectivity index (χ1v) is 7.30. The first kappa shape index (κ1) is 15.5. The highest BCUT2D eigenvalue weighted by Crippen LogP contribution is 2.23. The Hall–Kier alpha value is -1.85. The second kappa shape index (κ2) is 7.24. The van der Waals surface area contributed by atoms with Gasteiger partial charge in [-0.25, -0.2) is 0 Å². The van der Waals surface area contributed by atoms with Crippen LogP contribution >= 0.6 is 11.6 Å². The zero-order valence-corrected chi connectivity index (χ0v) is 12.9. The van der Waals surface area contributed by atoms with Crippen LogP contribution in [0.1, 0.15) is 24.2 Å². The summed E-state index contributed by atoms with van der Waals surface area (Å²) in [5, 5.41) is 13.6. The van der Waals surface area contributed by atoms with Crippen LogP contribution in [-0.2, 0) is 0 Å². The Bertz CT molecular complexity index is 611. The summed E-state index contributed by atoms with van der Waals surface area (Å²) in [6, 6.07) is 7.54. The van der Waals surface area contributed by atoms with E-state index in [0.717, 1.165) is 12.1 Å². The summed E-state index contributed by atoms with van der Waals surface area (Å²) in [5.74, 6) is -0.150. The third-order valence-corrected chi connectivity index (χ3v) is 3.35. The van der Waals surface area contributed by atoms with Crippen molar-refractivity contribution in [1.29, 1.82) is 0 Å². The van der Waals surface area contributed by atoms with Crippen LogP contribution in [0, 0.1) is 0 Å². The van der Waals surface area contributed by atoms with E-state index in [1.54, 1.807) is 12.1 Å². The zero-order chi connectivity index (χ0) is 15.2. The first-order valence-electron chi connectivity index (χ1n) is 6.92. The van der Waals surface area contributed by atoms with E-state index in [1.807, 2.05) is 26.0 Å². The van der Waals surface area contributed by atoms with E-state index in [2.05, 4.69) is 20.8 Å². The summed E-state index contributed by atoms with van der Waals surface area (Å²) in [4.78, 5) is 12.3. The lowest BCUT2D eigenvalue weighted by Crippen LogP contribution is -2.38. The van der Waals surface area contributed by atoms with Gasteiger partial charge in [-0.05, 0) is 25.6 Å². The number of hydrogen-bond donors (Lipinski definition) is 3. The van der Waals surface area contributed by atoms with E-state index in [4.69, 9.17) is 11.6 Å². The van der Waals surface area contributed by atoms with E-state index in [0.29, 0.717) is 22.8 Å². The molecule has 0 fully saturated rings. The van der Waals surface area contributed by atoms with Gasteiger partial charge in [-0.3, -0.25) is 9.89 Å². The van der Waals surface area contributed by atoms with Crippen molar-refractivity contribution < 1.29 is 4.79 Å². The molecule has 1 aromatic carbocycles. The molecule has 0 radical (unpaired) electrons. The Morgan fingerprint density at radius 1 is 1.48 bits per heavy atom. The van der Waals surface area contributed by atoms with Crippen LogP contribution in [0.5, 0.6) is 0 Å². The molecule has 1 atom stereocenters. The number of carbonyl (C=O) groups is 1. The van der Waals surface area contributed by atoms with Gasteiger partial charge in [-0.2, -0.15) is 5.10 Å². The zero-order valence-electron chi connectivity index (χ0n) is 12.1. The molecule has 0 saturated heterocycles. The quantitative estimate of drug-likeness (QED) is 0.768. The molecule has 6 heteroatoms. The minimum absolute atomic E-state index is 0.150. The molecule has 0 aliphatic heterocycles. The summed E-state index contributed by atoms with van der Waals surface area (Å²) in [6.45, 7) is 5.49. The van der Waals surface area contributed by atoms with Crippen molar-refractivity contribution in [1.82, 2.24) is 20.8 Å². The third-order valence-electron chi connectivity index (χ3n) is 3.12. The Morgan fingerprint density at radius 3 is 3.00 bits per heavy atom. The lowest BCUT2D eigenvalue weighted by Gasteiger charge is -2.13. The number of nitrogens with zero attached hydrogens (tertiary/aromatic N) is 1. The maximum Gasteiger partial charge on any atom is 0.255 e. The van der Waals surface area contributed by atoms with Gasteiger partial charge in [-0.1, -0.05) is 30.7 Å². The number of nitrogens with one attached hydrogen (secondary N) is 3. The Labute approximate surface area is 129 Å². The highest BCUT2D eigenvalue weighted by molar-refractivity contribution is 6.30. The van der Waals surface area contributed by atoms with Crippen LogP contribution in [0.4, 0.5) is 0 Å². The monoisotopic (exact) mass is 306 g/mol. The molecule has 1 aromatic heterocycles. The van der Waals surface area contributed by atoms with Crippen molar-refractivity contribution in [2.24, 2.45) is 0 Å². The number of amides is 1. The van der Waals surface area contributed by atoms with Crippen molar-refractivity contribution in [3.8, 4) is 11.3 Å². The standard InChI is InChI=1S/C15H19ClN4O/c1-3-17-10(2)8-18-15(21)13-9-19-20-14(13)11-5-4-6-12(16)7-11/h4-7,9-10,17H,3,8H2,1-2H3,(H,18,21)(H,19,20)/t10-/m1/s1. The molecule has 0 bridgehead atoms. The second-order valence-electron chi connectivity index (χ2n) is 4.84. The number of benzene rings is 1. The number of halogens is 1. The van der Waals surface area contributed by atoms with Crippen molar-refractivity contribution in [2.75, 3.05) is 13.1 Å². The molecular formula is C15H19ClN4O. The maximum absolute atomic E-state index is 12.3. The Morgan fingerprint density at radius 2 is 2.29 bits per heavy atom. The summed E-state index contributed by atoms with van der Waals surface area (Å²) in [5.41, 5.74) is 2.02. The molecule has 112 valence electrons. The minimum atomic E-state index is -0.150. The van der Waals surface area contributed by atoms with Crippen LogP contribution in [0.3, 0.4) is 0 Å². The predicted molar refractivity (Wildman–Crippen MR) is 84.5 cm³/mol. The fraction of sp³-hybridized carbons (Fsp3) is 0.333. The average Bonchev–Trinajstić information content (AvgIpc) is 2.94. The Balaban J connectivity index is 2.11. The molecule has 21 heavy (non-hydrogen) atoms. The topological polar surface area (TPSA) is 69.8 Å². The SMILES string of the molecule is CCN[C@H](C)CNC(=O)c1cn[nH]c1-c1cccc(Cl)c1. The van der Waals surface area contributed by atoms with Gasteiger partial charge >= 0.3 is 0 Å². The molecule has 0 unspecified atom stereocenters. The van der Waals surface area contributed by atoms with Crippen molar-refractivity contribution in [3.63, 3.8) is 0 Å². The number of carbonyl (C=O) groups excluding carboxylic acids is 1. The molecule has 1 amide bonds. The minimum Gasteiger partial charge on any atom is -0.350 e. The molecule has 0 saturated carbocycles.